The molecule has 0 bridgehead atoms. The number of amides is 5. The van der Waals surface area contributed by atoms with Gasteiger partial charge < -0.3 is 47.7 Å². The maximum Gasteiger partial charge on any atom is 0.262 e. The minimum atomic E-state index is -0.641. The Bertz CT molecular complexity index is 2080. The van der Waals surface area contributed by atoms with E-state index in [0.717, 1.165) is 24.0 Å². The number of ether oxygens (including phenoxy) is 1. The lowest BCUT2D eigenvalue weighted by molar-refractivity contribution is -0.122. The van der Waals surface area contributed by atoms with Crippen molar-refractivity contribution >= 4 is 52.6 Å². The van der Waals surface area contributed by atoms with E-state index in [0.29, 0.717) is 78.4 Å². The molecule has 0 radical (unpaired) electrons. The number of carbonyl (C=O) groups is 5. The first-order chi connectivity index (χ1) is 27.0. The van der Waals surface area contributed by atoms with Gasteiger partial charge in [0.05, 0.1) is 11.7 Å². The lowest BCUT2D eigenvalue weighted by Crippen LogP contribution is -2.42. The molecule has 15 heteroatoms. The number of fused-ring (bicyclic) bond motifs is 1. The molecule has 1 aliphatic heterocycles. The molecule has 0 saturated heterocycles. The molecule has 15 nitrogen and oxygen atoms in total. The third kappa shape index (κ3) is 10.7. The minimum Gasteiger partial charge on any atom is -0.482 e. The molecule has 4 aromatic rings. The lowest BCUT2D eigenvalue weighted by atomic mass is 10.1. The van der Waals surface area contributed by atoms with Crippen LogP contribution in [0.3, 0.4) is 0 Å². The number of carbonyl (C=O) groups excluding carboxylic acids is 5. The topological polar surface area (TPSA) is 234 Å². The van der Waals surface area contributed by atoms with Gasteiger partial charge in [0.15, 0.2) is 12.6 Å². The molecule has 2 aliphatic rings. The number of benzene rings is 4. The fourth-order valence-electron chi connectivity index (χ4n) is 6.09. The summed E-state index contributed by atoms with van der Waals surface area (Å²) in [7, 11) is 0. The van der Waals surface area contributed by atoms with Gasteiger partial charge in [-0.1, -0.05) is 24.3 Å². The van der Waals surface area contributed by atoms with Crippen molar-refractivity contribution in [3.8, 4) is 5.75 Å². The first-order valence-corrected chi connectivity index (χ1v) is 18.4. The van der Waals surface area contributed by atoms with E-state index in [2.05, 4.69) is 26.6 Å². The Labute approximate surface area is 324 Å². The fraction of sp³-hybridized carbons (Fsp3) is 0.268. The molecule has 5 amide bonds. The van der Waals surface area contributed by atoms with Crippen LogP contribution in [0.4, 0.5) is 17.1 Å². The van der Waals surface area contributed by atoms with Gasteiger partial charge in [-0.05, 0) is 110 Å². The molecule has 1 saturated carbocycles. The van der Waals surface area contributed by atoms with Crippen molar-refractivity contribution in [3.05, 3.63) is 119 Å². The number of nitrogens with two attached hydrogens (primary N) is 2. The Morgan fingerprint density at radius 2 is 1.39 bits per heavy atom. The molecule has 1 heterocycles. The van der Waals surface area contributed by atoms with Crippen LogP contribution in [-0.2, 0) is 22.6 Å². The second kappa shape index (κ2) is 18.1. The third-order valence-corrected chi connectivity index (χ3v) is 9.35. The predicted molar refractivity (Wildman–Crippen MR) is 213 cm³/mol. The van der Waals surface area contributed by atoms with Crippen LogP contribution in [0.2, 0.25) is 0 Å². The largest absolute Gasteiger partial charge is 0.482 e. The molecule has 4 aromatic carbocycles. The molecule has 6 rings (SSSR count). The summed E-state index contributed by atoms with van der Waals surface area (Å²) >= 11 is 0. The zero-order valence-electron chi connectivity index (χ0n) is 30.7. The zero-order valence-corrected chi connectivity index (χ0v) is 30.7. The molecule has 1 atom stereocenters. The zero-order chi connectivity index (χ0) is 39.6. The maximum atomic E-state index is 13.5. The van der Waals surface area contributed by atoms with Gasteiger partial charge in [0.1, 0.15) is 5.75 Å². The average Bonchev–Trinajstić information content (AvgIpc) is 4.05. The number of rotatable bonds is 16. The van der Waals surface area contributed by atoms with Gasteiger partial charge in [0.25, 0.3) is 23.6 Å². The number of guanidine groups is 1. The first-order valence-electron chi connectivity index (χ1n) is 18.4. The molecule has 10 N–H and O–H groups in total. The van der Waals surface area contributed by atoms with Crippen LogP contribution in [-0.4, -0.2) is 72.2 Å². The van der Waals surface area contributed by atoms with Crippen molar-refractivity contribution in [2.75, 3.05) is 35.6 Å². The molecule has 290 valence electrons. The highest BCUT2D eigenvalue weighted by Crippen LogP contribution is 2.33. The fourth-order valence-corrected chi connectivity index (χ4v) is 6.09. The van der Waals surface area contributed by atoms with E-state index in [1.54, 1.807) is 66.7 Å². The van der Waals surface area contributed by atoms with E-state index in [1.807, 2.05) is 29.2 Å². The molecular formula is C41H45N9O6. The van der Waals surface area contributed by atoms with E-state index in [4.69, 9.17) is 21.6 Å². The Hall–Kier alpha value is -6.74. The molecule has 0 unspecified atom stereocenters. The predicted octanol–water partition coefficient (Wildman–Crippen LogP) is 3.58. The van der Waals surface area contributed by atoms with E-state index >= 15 is 0 Å². The summed E-state index contributed by atoms with van der Waals surface area (Å²) in [5, 5.41) is 21.1. The highest BCUT2D eigenvalue weighted by Gasteiger charge is 2.33. The van der Waals surface area contributed by atoms with E-state index in [9.17, 15) is 24.0 Å². The number of nitrogens with zero attached hydrogens (tertiary/aromatic N) is 1. The molecule has 0 aromatic heterocycles. The quantitative estimate of drug-likeness (QED) is 0.0473. The van der Waals surface area contributed by atoms with Crippen LogP contribution < -0.4 is 42.8 Å². The second-order valence-electron chi connectivity index (χ2n) is 13.7. The van der Waals surface area contributed by atoms with E-state index < -0.39 is 6.04 Å². The van der Waals surface area contributed by atoms with E-state index in [1.165, 1.54) is 0 Å². The second-order valence-corrected chi connectivity index (χ2v) is 13.7. The Kier molecular flexibility index (Phi) is 12.6. The van der Waals surface area contributed by atoms with Crippen LogP contribution in [0.5, 0.6) is 5.75 Å². The van der Waals surface area contributed by atoms with Crippen molar-refractivity contribution in [2.45, 2.75) is 50.7 Å². The first kappa shape index (κ1) is 39.0. The van der Waals surface area contributed by atoms with Gasteiger partial charge in [-0.25, -0.2) is 0 Å². The van der Waals surface area contributed by atoms with E-state index in [-0.39, 0.29) is 48.1 Å². The SMILES string of the molecule is N=C(N)NCCC[C@H](N)C(=O)NCCc1ccc(NC(=O)c2ccc(NC(=O)c3ccc(CN(C(=O)c4ccc5c(c4)OCC(=O)N5)C4CC4)cc3)cc2)cc1. The molecule has 56 heavy (non-hydrogen) atoms. The summed E-state index contributed by atoms with van der Waals surface area (Å²) < 4.78 is 5.50. The summed E-state index contributed by atoms with van der Waals surface area (Å²) in [4.78, 5) is 65.2. The van der Waals surface area contributed by atoms with Crippen molar-refractivity contribution < 1.29 is 28.7 Å². The van der Waals surface area contributed by atoms with Gasteiger partial charge >= 0.3 is 0 Å². The maximum absolute atomic E-state index is 13.5. The summed E-state index contributed by atoms with van der Waals surface area (Å²) in [6.07, 6.45) is 3.52. The van der Waals surface area contributed by atoms with Gasteiger partial charge in [0.2, 0.25) is 5.91 Å². The number of anilines is 3. The summed E-state index contributed by atoms with van der Waals surface area (Å²) in [6, 6.07) is 25.5. The Balaban J connectivity index is 0.942. The lowest BCUT2D eigenvalue weighted by Gasteiger charge is -2.24. The average molecular weight is 760 g/mol. The molecule has 1 aliphatic carbocycles. The van der Waals surface area contributed by atoms with Crippen LogP contribution in [0, 0.1) is 5.41 Å². The molecular weight excluding hydrogens is 715 g/mol. The summed E-state index contributed by atoms with van der Waals surface area (Å²) in [5.74, 6) is -0.869. The molecule has 0 spiro atoms. The van der Waals surface area contributed by atoms with Crippen molar-refractivity contribution in [3.63, 3.8) is 0 Å². The highest BCUT2D eigenvalue weighted by atomic mass is 16.5. The highest BCUT2D eigenvalue weighted by molar-refractivity contribution is 6.06. The van der Waals surface area contributed by atoms with Gasteiger partial charge in [-0.15, -0.1) is 0 Å². The molecule has 1 fully saturated rings. The summed E-state index contributed by atoms with van der Waals surface area (Å²) in [5.41, 5.74) is 16.0. The standard InChI is InChI=1S/C41H45N9O6/c42-33(2-1-20-46-41(43)44)39(54)45-21-19-25-5-12-30(13-6-25)47-38(53)28-9-14-31(15-10-28)48-37(52)27-7-3-26(4-8-27)23-50(32-16-17-32)40(55)29-11-18-34-35(22-29)56-24-36(51)49-34/h3-15,18,22,32-33H,1-2,16-17,19-21,23-24,42H2,(H,45,54)(H,47,53)(H,48,52)(H,49,51)(H4,43,44,46)/t33-/m0/s1. The van der Waals surface area contributed by atoms with Gasteiger partial charge in [-0.2, -0.15) is 0 Å². The smallest absolute Gasteiger partial charge is 0.262 e. The van der Waals surface area contributed by atoms with Crippen molar-refractivity contribution in [2.24, 2.45) is 11.5 Å². The van der Waals surface area contributed by atoms with Crippen molar-refractivity contribution in [1.82, 2.24) is 15.5 Å². The number of nitrogens with one attached hydrogen (secondary N) is 6. The summed E-state index contributed by atoms with van der Waals surface area (Å²) in [6.45, 7) is 1.19. The van der Waals surface area contributed by atoms with Crippen LogP contribution in [0.25, 0.3) is 0 Å². The van der Waals surface area contributed by atoms with Crippen molar-refractivity contribution in [1.29, 1.82) is 5.41 Å². The Morgan fingerprint density at radius 1 is 0.804 bits per heavy atom. The van der Waals surface area contributed by atoms with Gasteiger partial charge in [-0.3, -0.25) is 29.4 Å². The van der Waals surface area contributed by atoms with Crippen LogP contribution >= 0.6 is 0 Å². The third-order valence-electron chi connectivity index (χ3n) is 9.35. The number of hydrogen-bond donors (Lipinski definition) is 8. The van der Waals surface area contributed by atoms with Gasteiger partial charge in [0, 0.05) is 53.7 Å². The normalized spacial score (nSPS) is 13.6. The van der Waals surface area contributed by atoms with Crippen LogP contribution in [0.1, 0.15) is 67.9 Å². The minimum absolute atomic E-state index is 0.0914. The number of hydrogen-bond acceptors (Lipinski definition) is 8. The monoisotopic (exact) mass is 759 g/mol. The Morgan fingerprint density at radius 3 is 2.02 bits per heavy atom. The van der Waals surface area contributed by atoms with Crippen LogP contribution in [0.15, 0.2) is 91.0 Å².